The zero-order chi connectivity index (χ0) is 22.6. The van der Waals surface area contributed by atoms with Crippen LogP contribution in [0.15, 0.2) is 34.3 Å². The van der Waals surface area contributed by atoms with Gasteiger partial charge in [-0.05, 0) is 50.8 Å². The molecule has 0 atom stereocenters. The summed E-state index contributed by atoms with van der Waals surface area (Å²) in [6, 6.07) is 6.92. The minimum absolute atomic E-state index is 0.188. The minimum Gasteiger partial charge on any atom is -0.325 e. The van der Waals surface area contributed by atoms with E-state index in [9.17, 15) is 13.2 Å². The number of aromatic nitrogens is 3. The summed E-state index contributed by atoms with van der Waals surface area (Å²) in [5.74, 6) is 0.877. The number of aryl methyl sites for hydroxylation is 1. The first kappa shape index (κ1) is 23.3. The van der Waals surface area contributed by atoms with Crippen molar-refractivity contribution < 1.29 is 13.2 Å². The first-order valence-electron chi connectivity index (χ1n) is 11.4. The van der Waals surface area contributed by atoms with Crippen LogP contribution < -0.4 is 5.32 Å². The molecule has 1 aliphatic heterocycles. The van der Waals surface area contributed by atoms with Crippen LogP contribution in [0.3, 0.4) is 0 Å². The third-order valence-corrected chi connectivity index (χ3v) is 9.02. The third-order valence-electron chi connectivity index (χ3n) is 6.18. The zero-order valence-electron chi connectivity index (χ0n) is 18.5. The minimum atomic E-state index is -3.54. The summed E-state index contributed by atoms with van der Waals surface area (Å²) < 4.78 is 29.5. The highest BCUT2D eigenvalue weighted by Gasteiger charge is 2.26. The first-order chi connectivity index (χ1) is 15.4. The van der Waals surface area contributed by atoms with E-state index in [2.05, 4.69) is 20.1 Å². The molecule has 0 spiro atoms. The fourth-order valence-corrected chi connectivity index (χ4v) is 6.94. The van der Waals surface area contributed by atoms with E-state index in [0.29, 0.717) is 24.8 Å². The van der Waals surface area contributed by atoms with Gasteiger partial charge in [0.1, 0.15) is 5.82 Å². The highest BCUT2D eigenvalue weighted by Crippen LogP contribution is 2.32. The number of piperidine rings is 1. The van der Waals surface area contributed by atoms with Gasteiger partial charge in [0, 0.05) is 24.8 Å². The molecule has 32 heavy (non-hydrogen) atoms. The van der Waals surface area contributed by atoms with Gasteiger partial charge in [-0.25, -0.2) is 8.42 Å². The van der Waals surface area contributed by atoms with Crippen molar-refractivity contribution >= 4 is 33.4 Å². The van der Waals surface area contributed by atoms with Gasteiger partial charge in [0.2, 0.25) is 15.9 Å². The van der Waals surface area contributed by atoms with Crippen molar-refractivity contribution in [1.29, 1.82) is 0 Å². The van der Waals surface area contributed by atoms with E-state index in [1.807, 2.05) is 6.92 Å². The van der Waals surface area contributed by atoms with Gasteiger partial charge in [-0.1, -0.05) is 43.5 Å². The number of sulfonamides is 1. The number of rotatable bonds is 7. The molecule has 1 N–H and O–H groups in total. The lowest BCUT2D eigenvalue weighted by Crippen LogP contribution is -2.35. The Morgan fingerprint density at radius 3 is 2.56 bits per heavy atom. The SMILES string of the molecule is Cc1nnc(SCC(=O)Nc2cccc(S(=O)(=O)N3CCCCC3)c2)n1C1CCCCC1. The van der Waals surface area contributed by atoms with Crippen molar-refractivity contribution in [3.05, 3.63) is 30.1 Å². The molecule has 1 aromatic carbocycles. The van der Waals surface area contributed by atoms with Gasteiger partial charge in [0.15, 0.2) is 5.16 Å². The van der Waals surface area contributed by atoms with Crippen molar-refractivity contribution in [3.8, 4) is 0 Å². The number of carbonyl (C=O) groups excluding carboxylic acids is 1. The van der Waals surface area contributed by atoms with Crippen molar-refractivity contribution in [2.75, 3.05) is 24.2 Å². The molecule has 4 rings (SSSR count). The maximum absolute atomic E-state index is 12.9. The van der Waals surface area contributed by atoms with Gasteiger partial charge in [0.05, 0.1) is 10.6 Å². The van der Waals surface area contributed by atoms with Gasteiger partial charge in [-0.2, -0.15) is 4.31 Å². The maximum Gasteiger partial charge on any atom is 0.243 e. The lowest BCUT2D eigenvalue weighted by atomic mass is 9.95. The summed E-state index contributed by atoms with van der Waals surface area (Å²) in [5, 5.41) is 12.1. The number of carbonyl (C=O) groups is 1. The molecule has 0 unspecified atom stereocenters. The van der Waals surface area contributed by atoms with Crippen molar-refractivity contribution in [2.24, 2.45) is 0 Å². The highest BCUT2D eigenvalue weighted by atomic mass is 32.2. The van der Waals surface area contributed by atoms with Crippen molar-refractivity contribution in [1.82, 2.24) is 19.1 Å². The monoisotopic (exact) mass is 477 g/mol. The van der Waals surface area contributed by atoms with E-state index in [-0.39, 0.29) is 16.6 Å². The number of hydrogen-bond acceptors (Lipinski definition) is 6. The Labute approximate surface area is 194 Å². The Hall–Kier alpha value is -1.91. The van der Waals surface area contributed by atoms with Gasteiger partial charge in [-0.3, -0.25) is 4.79 Å². The molecule has 8 nitrogen and oxygen atoms in total. The topological polar surface area (TPSA) is 97.2 Å². The quantitative estimate of drug-likeness (QED) is 0.606. The largest absolute Gasteiger partial charge is 0.325 e. The Balaban J connectivity index is 1.39. The number of amides is 1. The average Bonchev–Trinajstić information content (AvgIpc) is 3.19. The molecule has 1 saturated heterocycles. The molecule has 1 saturated carbocycles. The van der Waals surface area contributed by atoms with E-state index in [4.69, 9.17) is 0 Å². The average molecular weight is 478 g/mol. The molecule has 0 bridgehead atoms. The van der Waals surface area contributed by atoms with Gasteiger partial charge in [0.25, 0.3) is 0 Å². The zero-order valence-corrected chi connectivity index (χ0v) is 20.1. The molecule has 2 aromatic rings. The summed E-state index contributed by atoms with van der Waals surface area (Å²) in [5.41, 5.74) is 0.485. The number of nitrogens with zero attached hydrogens (tertiary/aromatic N) is 4. The molecular formula is C22H31N5O3S2. The summed E-state index contributed by atoms with van der Waals surface area (Å²) in [6.07, 6.45) is 8.78. The van der Waals surface area contributed by atoms with Crippen molar-refractivity contribution in [3.63, 3.8) is 0 Å². The van der Waals surface area contributed by atoms with E-state index in [0.717, 1.165) is 43.1 Å². The third kappa shape index (κ3) is 5.35. The number of hydrogen-bond donors (Lipinski definition) is 1. The Kier molecular flexibility index (Phi) is 7.52. The standard InChI is InChI=1S/C22H31N5O3S2/c1-17-24-25-22(27(17)19-10-4-2-5-11-19)31-16-21(28)23-18-9-8-12-20(15-18)32(29,30)26-13-6-3-7-14-26/h8-9,12,15,19H,2-7,10-11,13-14,16H2,1H3,(H,23,28). The number of anilines is 1. The fourth-order valence-electron chi connectivity index (χ4n) is 4.52. The lowest BCUT2D eigenvalue weighted by molar-refractivity contribution is -0.113. The molecule has 174 valence electrons. The van der Waals surface area contributed by atoms with Crippen molar-refractivity contribution in [2.45, 2.75) is 74.4 Å². The molecule has 2 aliphatic rings. The molecule has 0 radical (unpaired) electrons. The summed E-state index contributed by atoms with van der Waals surface area (Å²) in [4.78, 5) is 12.8. The second kappa shape index (κ2) is 10.4. The van der Waals surface area contributed by atoms with Crippen LogP contribution in [0.4, 0.5) is 5.69 Å². The predicted molar refractivity (Wildman–Crippen MR) is 125 cm³/mol. The predicted octanol–water partition coefficient (Wildman–Crippen LogP) is 4.00. The number of benzene rings is 1. The summed E-state index contributed by atoms with van der Waals surface area (Å²) in [6.45, 7) is 3.06. The van der Waals surface area contributed by atoms with E-state index >= 15 is 0 Å². The molecule has 10 heteroatoms. The molecule has 1 amide bonds. The molecule has 2 heterocycles. The summed E-state index contributed by atoms with van der Waals surface area (Å²) in [7, 11) is -3.54. The van der Waals surface area contributed by atoms with Gasteiger partial charge >= 0.3 is 0 Å². The van der Waals surface area contributed by atoms with Gasteiger partial charge in [-0.15, -0.1) is 10.2 Å². The number of thioether (sulfide) groups is 1. The normalized spacial score (nSPS) is 18.5. The second-order valence-electron chi connectivity index (χ2n) is 8.52. The van der Waals surface area contributed by atoms with Crippen LogP contribution >= 0.6 is 11.8 Å². The molecule has 1 aromatic heterocycles. The van der Waals surface area contributed by atoms with Crippen LogP contribution in [0.1, 0.15) is 63.2 Å². The smallest absolute Gasteiger partial charge is 0.243 e. The molecule has 1 aliphatic carbocycles. The van der Waals surface area contributed by atoms with Gasteiger partial charge < -0.3 is 9.88 Å². The van der Waals surface area contributed by atoms with Crippen LogP contribution in [-0.4, -0.2) is 52.2 Å². The number of nitrogens with one attached hydrogen (secondary N) is 1. The summed E-state index contributed by atoms with van der Waals surface area (Å²) >= 11 is 1.37. The Bertz CT molecular complexity index is 1040. The van der Waals surface area contributed by atoms with Crippen LogP contribution in [0.25, 0.3) is 0 Å². The molecular weight excluding hydrogens is 446 g/mol. The first-order valence-corrected chi connectivity index (χ1v) is 13.8. The Morgan fingerprint density at radius 2 is 1.81 bits per heavy atom. The maximum atomic E-state index is 12.9. The second-order valence-corrected chi connectivity index (χ2v) is 11.4. The van der Waals surface area contributed by atoms with Crippen LogP contribution in [0, 0.1) is 6.92 Å². The van der Waals surface area contributed by atoms with Crippen LogP contribution in [0.5, 0.6) is 0 Å². The Morgan fingerprint density at radius 1 is 1.09 bits per heavy atom. The van der Waals surface area contributed by atoms with E-state index in [1.165, 1.54) is 35.3 Å². The fraction of sp³-hybridized carbons (Fsp3) is 0.591. The highest BCUT2D eigenvalue weighted by molar-refractivity contribution is 7.99. The van der Waals surface area contributed by atoms with Crippen LogP contribution in [-0.2, 0) is 14.8 Å². The van der Waals surface area contributed by atoms with Crippen LogP contribution in [0.2, 0.25) is 0 Å². The van der Waals surface area contributed by atoms with E-state index < -0.39 is 10.0 Å². The van der Waals surface area contributed by atoms with E-state index in [1.54, 1.807) is 24.3 Å². The lowest BCUT2D eigenvalue weighted by Gasteiger charge is -2.26. The molecule has 2 fully saturated rings.